The van der Waals surface area contributed by atoms with Gasteiger partial charge in [0.1, 0.15) is 5.82 Å². The number of rotatable bonds is 3. The minimum atomic E-state index is -0.307. The summed E-state index contributed by atoms with van der Waals surface area (Å²) in [5, 5.41) is 8.48. The van der Waals surface area contributed by atoms with Gasteiger partial charge in [-0.25, -0.2) is 9.07 Å². The molecule has 1 atom stereocenters. The van der Waals surface area contributed by atoms with Crippen LogP contribution in [0.4, 0.5) is 4.39 Å². The van der Waals surface area contributed by atoms with Crippen molar-refractivity contribution in [1.29, 1.82) is 0 Å². The first-order valence-electron chi connectivity index (χ1n) is 5.04. The predicted octanol–water partition coefficient (Wildman–Crippen LogP) is 3.57. The Morgan fingerprint density at radius 1 is 1.53 bits per heavy atom. The number of alkyl halides is 1. The van der Waals surface area contributed by atoms with Crippen LogP contribution in [0.25, 0.3) is 0 Å². The van der Waals surface area contributed by atoms with Crippen LogP contribution in [0.2, 0.25) is 5.02 Å². The maximum atomic E-state index is 13.1. The molecule has 0 aliphatic heterocycles. The molecule has 0 aliphatic carbocycles. The van der Waals surface area contributed by atoms with E-state index in [2.05, 4.69) is 26.2 Å². The average molecular weight is 319 g/mol. The number of benzene rings is 1. The lowest BCUT2D eigenvalue weighted by Gasteiger charge is -2.03. The standard InChI is InChI=1S/C11H10BrClFN3/c1-7(12)11-6-17(16-15-11)5-8-4-9(14)2-3-10(8)13/h2-4,6-7H,5H2,1H3. The molecule has 0 fully saturated rings. The highest BCUT2D eigenvalue weighted by atomic mass is 79.9. The number of hydrogen-bond acceptors (Lipinski definition) is 2. The topological polar surface area (TPSA) is 30.7 Å². The summed E-state index contributed by atoms with van der Waals surface area (Å²) in [6.07, 6.45) is 1.81. The number of halogens is 3. The first kappa shape index (κ1) is 12.5. The van der Waals surface area contributed by atoms with E-state index in [1.165, 1.54) is 18.2 Å². The van der Waals surface area contributed by atoms with Gasteiger partial charge in [-0.15, -0.1) is 5.10 Å². The van der Waals surface area contributed by atoms with Crippen LogP contribution in [0.1, 0.15) is 23.0 Å². The first-order valence-corrected chi connectivity index (χ1v) is 6.33. The maximum absolute atomic E-state index is 13.1. The van der Waals surface area contributed by atoms with E-state index in [-0.39, 0.29) is 10.6 Å². The number of nitrogens with zero attached hydrogens (tertiary/aromatic N) is 3. The summed E-state index contributed by atoms with van der Waals surface area (Å²) in [5.41, 5.74) is 1.52. The van der Waals surface area contributed by atoms with Crippen LogP contribution in [0.3, 0.4) is 0 Å². The number of aromatic nitrogens is 3. The van der Waals surface area contributed by atoms with E-state index in [0.29, 0.717) is 17.1 Å². The molecule has 1 unspecified atom stereocenters. The van der Waals surface area contributed by atoms with E-state index < -0.39 is 0 Å². The molecule has 0 spiro atoms. The fourth-order valence-corrected chi connectivity index (χ4v) is 1.80. The highest BCUT2D eigenvalue weighted by Crippen LogP contribution is 2.20. The van der Waals surface area contributed by atoms with Crippen molar-refractivity contribution in [2.24, 2.45) is 0 Å². The van der Waals surface area contributed by atoms with Crippen LogP contribution in [-0.2, 0) is 6.54 Å². The molecule has 0 saturated carbocycles. The summed E-state index contributed by atoms with van der Waals surface area (Å²) in [7, 11) is 0. The van der Waals surface area contributed by atoms with Crippen molar-refractivity contribution in [2.45, 2.75) is 18.3 Å². The van der Waals surface area contributed by atoms with E-state index in [1.807, 2.05) is 6.92 Å². The van der Waals surface area contributed by atoms with E-state index in [0.717, 1.165) is 5.69 Å². The fraction of sp³-hybridized carbons (Fsp3) is 0.273. The molecule has 1 aromatic heterocycles. The van der Waals surface area contributed by atoms with Gasteiger partial charge in [-0.05, 0) is 30.7 Å². The van der Waals surface area contributed by atoms with Crippen LogP contribution >= 0.6 is 27.5 Å². The third kappa shape index (κ3) is 3.04. The van der Waals surface area contributed by atoms with E-state index in [9.17, 15) is 4.39 Å². The molecule has 2 rings (SSSR count). The SMILES string of the molecule is CC(Br)c1cn(Cc2cc(F)ccc2Cl)nn1. The third-order valence-electron chi connectivity index (χ3n) is 2.30. The van der Waals surface area contributed by atoms with Gasteiger partial charge in [0.2, 0.25) is 0 Å². The molecule has 0 aliphatic rings. The molecular formula is C11H10BrClFN3. The van der Waals surface area contributed by atoms with Crippen LogP contribution in [0.15, 0.2) is 24.4 Å². The zero-order chi connectivity index (χ0) is 12.4. The maximum Gasteiger partial charge on any atom is 0.123 e. The van der Waals surface area contributed by atoms with Crippen molar-refractivity contribution in [3.05, 3.63) is 46.5 Å². The molecule has 0 bridgehead atoms. The minimum absolute atomic E-state index is 0.138. The molecule has 17 heavy (non-hydrogen) atoms. The highest BCUT2D eigenvalue weighted by Gasteiger charge is 2.08. The van der Waals surface area contributed by atoms with Crippen molar-refractivity contribution in [1.82, 2.24) is 15.0 Å². The Hall–Kier alpha value is -0.940. The Kier molecular flexibility index (Phi) is 3.79. The molecule has 1 aromatic carbocycles. The zero-order valence-electron chi connectivity index (χ0n) is 9.07. The van der Waals surface area contributed by atoms with Crippen molar-refractivity contribution < 1.29 is 4.39 Å². The molecule has 0 amide bonds. The van der Waals surface area contributed by atoms with Crippen molar-refractivity contribution in [2.75, 3.05) is 0 Å². The molecule has 2 aromatic rings. The lowest BCUT2D eigenvalue weighted by atomic mass is 10.2. The molecule has 0 saturated heterocycles. The second-order valence-corrected chi connectivity index (χ2v) is 5.47. The lowest BCUT2D eigenvalue weighted by molar-refractivity contribution is 0.614. The number of hydrogen-bond donors (Lipinski definition) is 0. The average Bonchev–Trinajstić information content (AvgIpc) is 2.72. The van der Waals surface area contributed by atoms with Crippen molar-refractivity contribution >= 4 is 27.5 Å². The lowest BCUT2D eigenvalue weighted by Crippen LogP contribution is -2.01. The third-order valence-corrected chi connectivity index (χ3v) is 3.14. The molecule has 6 heteroatoms. The minimum Gasteiger partial charge on any atom is -0.248 e. The summed E-state index contributed by atoms with van der Waals surface area (Å²) in [4.78, 5) is 0.138. The summed E-state index contributed by atoms with van der Waals surface area (Å²) < 4.78 is 14.7. The Morgan fingerprint density at radius 3 is 2.94 bits per heavy atom. The van der Waals surface area contributed by atoms with Gasteiger partial charge in [-0.3, -0.25) is 0 Å². The van der Waals surface area contributed by atoms with Gasteiger partial charge in [0.15, 0.2) is 0 Å². The highest BCUT2D eigenvalue weighted by molar-refractivity contribution is 9.09. The molecule has 3 nitrogen and oxygen atoms in total. The second kappa shape index (κ2) is 5.14. The molecular weight excluding hydrogens is 308 g/mol. The zero-order valence-corrected chi connectivity index (χ0v) is 11.4. The van der Waals surface area contributed by atoms with Gasteiger partial charge in [0.05, 0.1) is 17.1 Å². The summed E-state index contributed by atoms with van der Waals surface area (Å²) >= 11 is 9.38. The largest absolute Gasteiger partial charge is 0.248 e. The molecule has 0 radical (unpaired) electrons. The summed E-state index contributed by atoms with van der Waals surface area (Å²) in [5.74, 6) is -0.307. The molecule has 90 valence electrons. The van der Waals surface area contributed by atoms with Crippen molar-refractivity contribution in [3.63, 3.8) is 0 Å². The van der Waals surface area contributed by atoms with E-state index in [1.54, 1.807) is 10.9 Å². The summed E-state index contributed by atoms with van der Waals surface area (Å²) in [6, 6.07) is 4.28. The van der Waals surface area contributed by atoms with Crippen LogP contribution in [0, 0.1) is 5.82 Å². The van der Waals surface area contributed by atoms with Gasteiger partial charge < -0.3 is 0 Å². The first-order chi connectivity index (χ1) is 8.06. The molecule has 1 heterocycles. The van der Waals surface area contributed by atoms with Crippen LogP contribution in [0.5, 0.6) is 0 Å². The summed E-state index contributed by atoms with van der Waals surface area (Å²) in [6.45, 7) is 2.37. The van der Waals surface area contributed by atoms with Gasteiger partial charge in [-0.1, -0.05) is 32.7 Å². The quantitative estimate of drug-likeness (QED) is 0.810. The van der Waals surface area contributed by atoms with Gasteiger partial charge in [0, 0.05) is 11.2 Å². The Balaban J connectivity index is 2.22. The Morgan fingerprint density at radius 2 is 2.29 bits per heavy atom. The van der Waals surface area contributed by atoms with Gasteiger partial charge in [0.25, 0.3) is 0 Å². The van der Waals surface area contributed by atoms with E-state index in [4.69, 9.17) is 11.6 Å². The van der Waals surface area contributed by atoms with Gasteiger partial charge >= 0.3 is 0 Å². The van der Waals surface area contributed by atoms with Gasteiger partial charge in [-0.2, -0.15) is 0 Å². The van der Waals surface area contributed by atoms with Crippen LogP contribution < -0.4 is 0 Å². The Labute approximate surface area is 112 Å². The monoisotopic (exact) mass is 317 g/mol. The Bertz CT molecular complexity index is 527. The second-order valence-electron chi connectivity index (χ2n) is 3.69. The smallest absolute Gasteiger partial charge is 0.123 e. The fourth-order valence-electron chi connectivity index (χ4n) is 1.41. The van der Waals surface area contributed by atoms with E-state index >= 15 is 0 Å². The molecule has 0 N–H and O–H groups in total. The van der Waals surface area contributed by atoms with Crippen molar-refractivity contribution in [3.8, 4) is 0 Å². The predicted molar refractivity (Wildman–Crippen MR) is 67.9 cm³/mol. The van der Waals surface area contributed by atoms with Crippen LogP contribution in [-0.4, -0.2) is 15.0 Å². The normalized spacial score (nSPS) is 12.7.